The first-order valence-corrected chi connectivity index (χ1v) is 32.3. The maximum Gasteiger partial charge on any atom is 0.192 e. The third-order valence-corrected chi connectivity index (χ3v) is 32.4. The molecule has 4 fully saturated rings. The maximum atomic E-state index is 10.9. The van der Waals surface area contributed by atoms with Gasteiger partial charge < -0.3 is 47.6 Å². The van der Waals surface area contributed by atoms with Gasteiger partial charge in [0, 0.05) is 25.7 Å². The second-order valence-corrected chi connectivity index (χ2v) is 42.0. The van der Waals surface area contributed by atoms with E-state index in [9.17, 15) is 20.4 Å². The normalized spacial score (nSPS) is 36.0. The Hall–Kier alpha value is 0.468. The van der Waals surface area contributed by atoms with E-state index in [1.165, 1.54) is 0 Å². The molecule has 54 heavy (non-hydrogen) atoms. The molecule has 0 radical (unpaired) electrons. The third kappa shape index (κ3) is 11.0. The van der Waals surface area contributed by atoms with Crippen LogP contribution in [-0.4, -0.2) is 127 Å². The first-order chi connectivity index (χ1) is 23.9. The lowest BCUT2D eigenvalue weighted by Gasteiger charge is -2.53. The third-order valence-electron chi connectivity index (χ3n) is 14.5. The zero-order chi connectivity index (χ0) is 42.0. The summed E-state index contributed by atoms with van der Waals surface area (Å²) in [6.07, 6.45) is -3.11. The predicted molar refractivity (Wildman–Crippen MR) is 228 cm³/mol. The SMILES string of the molecule is CC(C)(C)[Si](C)(C)O[C@H]1[C@H](O)C[C@@H]2O[C@H]1C[C@@H](O)[C@@H]2O[Si](C)(C)C(C)(C)C.CC(C)(C)[Si](C)(C)O[C@H]1[C@H](O)C[C@@H]2O[C@H]1C[C@@H](O)[C@@H]2O[Si](C)(C)C(C)(C)C. The van der Waals surface area contributed by atoms with E-state index < -0.39 is 57.7 Å². The molecule has 0 aromatic heterocycles. The summed E-state index contributed by atoms with van der Waals surface area (Å²) in [5.74, 6) is 0. The molecule has 0 aliphatic carbocycles. The minimum absolute atomic E-state index is 0.0603. The lowest BCUT2D eigenvalue weighted by molar-refractivity contribution is -0.237. The molecule has 12 atom stereocenters. The van der Waals surface area contributed by atoms with Crippen LogP contribution in [-0.2, 0) is 27.2 Å². The fraction of sp³-hybridized carbons (Fsp3) is 1.00. The highest BCUT2D eigenvalue weighted by molar-refractivity contribution is 6.75. The average Bonchev–Trinajstić information content (AvgIpc) is 2.95. The van der Waals surface area contributed by atoms with Crippen molar-refractivity contribution in [3.63, 3.8) is 0 Å². The van der Waals surface area contributed by atoms with Gasteiger partial charge in [0.25, 0.3) is 0 Å². The first kappa shape index (κ1) is 48.8. The first-order valence-electron chi connectivity index (χ1n) is 20.7. The van der Waals surface area contributed by atoms with E-state index in [-0.39, 0.29) is 69.0 Å². The van der Waals surface area contributed by atoms with Crippen LogP contribution in [0.25, 0.3) is 0 Å². The van der Waals surface area contributed by atoms with Gasteiger partial charge in [-0.25, -0.2) is 0 Å². The fourth-order valence-electron chi connectivity index (χ4n) is 6.68. The Bertz CT molecular complexity index is 1040. The zero-order valence-corrected chi connectivity index (χ0v) is 42.0. The number of aliphatic hydroxyl groups is 4. The standard InChI is InChI=1S/2C20H42O5Si2/c2*1-19(2,3)26(7,8)24-17-13(21)11-16-18(14(22)12-15(17)23-16)25-27(9,10)20(4,5)6/h2*13-18,21-22H,11-12H2,1-10H3/t2*13-,14-,15+,16+,17+,18+/m11/s1. The van der Waals surface area contributed by atoms with Crippen LogP contribution in [0.15, 0.2) is 0 Å². The van der Waals surface area contributed by atoms with Crippen LogP contribution in [0.5, 0.6) is 0 Å². The highest BCUT2D eigenvalue weighted by Crippen LogP contribution is 2.46. The van der Waals surface area contributed by atoms with Gasteiger partial charge in [0.05, 0.1) is 73.2 Å². The van der Waals surface area contributed by atoms with Crippen molar-refractivity contribution in [2.24, 2.45) is 0 Å². The number of fused-ring (bicyclic) bond motifs is 4. The molecule has 0 spiro atoms. The highest BCUT2D eigenvalue weighted by Gasteiger charge is 2.55. The van der Waals surface area contributed by atoms with E-state index in [0.717, 1.165) is 0 Å². The van der Waals surface area contributed by atoms with Crippen molar-refractivity contribution in [2.75, 3.05) is 0 Å². The Morgan fingerprint density at radius 3 is 0.630 bits per heavy atom. The van der Waals surface area contributed by atoms with Gasteiger partial charge in [0.15, 0.2) is 33.3 Å². The molecule has 320 valence electrons. The lowest BCUT2D eigenvalue weighted by Crippen LogP contribution is -2.64. The topological polar surface area (TPSA) is 136 Å². The summed E-state index contributed by atoms with van der Waals surface area (Å²) in [5.41, 5.74) is 0. The van der Waals surface area contributed by atoms with E-state index in [1.807, 2.05) is 0 Å². The van der Waals surface area contributed by atoms with Crippen LogP contribution in [0, 0.1) is 0 Å². The monoisotopic (exact) mass is 837 g/mol. The quantitative estimate of drug-likeness (QED) is 0.178. The Morgan fingerprint density at radius 1 is 0.352 bits per heavy atom. The molecular weight excluding hydrogens is 753 g/mol. The summed E-state index contributed by atoms with van der Waals surface area (Å²) in [5, 5.41) is 43.7. The van der Waals surface area contributed by atoms with Crippen molar-refractivity contribution >= 4 is 33.3 Å². The van der Waals surface area contributed by atoms with Crippen LogP contribution >= 0.6 is 0 Å². The Balaban J connectivity index is 0.000000290. The molecule has 0 aromatic carbocycles. The molecule has 4 aliphatic rings. The number of hydrogen-bond acceptors (Lipinski definition) is 10. The van der Waals surface area contributed by atoms with Crippen LogP contribution in [0.1, 0.15) is 109 Å². The molecule has 4 aliphatic heterocycles. The highest BCUT2D eigenvalue weighted by atomic mass is 28.4. The molecule has 14 heteroatoms. The van der Waals surface area contributed by atoms with Crippen molar-refractivity contribution < 1.29 is 47.6 Å². The molecule has 0 saturated carbocycles. The average molecular weight is 837 g/mol. The lowest BCUT2D eigenvalue weighted by atomic mass is 9.84. The molecule has 4 heterocycles. The van der Waals surface area contributed by atoms with Crippen LogP contribution < -0.4 is 0 Å². The number of hydrogen-bond donors (Lipinski definition) is 4. The Morgan fingerprint density at radius 2 is 0.500 bits per heavy atom. The molecule has 0 unspecified atom stereocenters. The van der Waals surface area contributed by atoms with Gasteiger partial charge in [0.2, 0.25) is 0 Å². The molecular formula is C40H84O10Si4. The minimum atomic E-state index is -2.04. The molecule has 4 N–H and O–H groups in total. The molecule has 4 saturated heterocycles. The van der Waals surface area contributed by atoms with Gasteiger partial charge in [0.1, 0.15) is 0 Å². The molecule has 4 bridgehead atoms. The van der Waals surface area contributed by atoms with Crippen LogP contribution in [0.3, 0.4) is 0 Å². The van der Waals surface area contributed by atoms with Crippen molar-refractivity contribution in [1.82, 2.24) is 0 Å². The molecule has 10 nitrogen and oxygen atoms in total. The van der Waals surface area contributed by atoms with E-state index >= 15 is 0 Å². The fourth-order valence-corrected chi connectivity index (χ4v) is 12.1. The minimum Gasteiger partial charge on any atom is -0.409 e. The van der Waals surface area contributed by atoms with Crippen LogP contribution in [0.4, 0.5) is 0 Å². The maximum absolute atomic E-state index is 10.9. The molecule has 4 rings (SSSR count). The largest absolute Gasteiger partial charge is 0.409 e. The second kappa shape index (κ2) is 16.5. The predicted octanol–water partition coefficient (Wildman–Crippen LogP) is 8.10. The Kier molecular flexibility index (Phi) is 14.9. The van der Waals surface area contributed by atoms with Crippen molar-refractivity contribution in [3.8, 4) is 0 Å². The summed E-state index contributed by atoms with van der Waals surface area (Å²) in [7, 11) is -8.15. The van der Waals surface area contributed by atoms with Crippen molar-refractivity contribution in [1.29, 1.82) is 0 Å². The smallest absolute Gasteiger partial charge is 0.192 e. The summed E-state index contributed by atoms with van der Waals surface area (Å²) in [6, 6.07) is 0. The van der Waals surface area contributed by atoms with E-state index in [1.54, 1.807) is 0 Å². The van der Waals surface area contributed by atoms with Crippen LogP contribution in [0.2, 0.25) is 72.5 Å². The van der Waals surface area contributed by atoms with E-state index in [0.29, 0.717) is 25.7 Å². The van der Waals surface area contributed by atoms with Gasteiger partial charge >= 0.3 is 0 Å². The van der Waals surface area contributed by atoms with Gasteiger partial charge in [-0.1, -0.05) is 83.1 Å². The van der Waals surface area contributed by atoms with Gasteiger partial charge in [-0.2, -0.15) is 0 Å². The second-order valence-electron chi connectivity index (χ2n) is 23.0. The van der Waals surface area contributed by atoms with Gasteiger partial charge in [-0.3, -0.25) is 0 Å². The zero-order valence-electron chi connectivity index (χ0n) is 38.0. The van der Waals surface area contributed by atoms with Gasteiger partial charge in [-0.15, -0.1) is 0 Å². The number of rotatable bonds is 8. The number of ether oxygens (including phenoxy) is 2. The summed E-state index contributed by atoms with van der Waals surface area (Å²) < 4.78 is 38.6. The number of aliphatic hydroxyl groups excluding tert-OH is 4. The molecule has 0 amide bonds. The molecule has 0 aromatic rings. The Labute approximate surface area is 334 Å². The summed E-state index contributed by atoms with van der Waals surface area (Å²) in [4.78, 5) is 0. The van der Waals surface area contributed by atoms with Crippen molar-refractivity contribution in [2.45, 2.75) is 255 Å². The van der Waals surface area contributed by atoms with Crippen molar-refractivity contribution in [3.05, 3.63) is 0 Å². The summed E-state index contributed by atoms with van der Waals surface area (Å²) >= 11 is 0. The summed E-state index contributed by atoms with van der Waals surface area (Å²) in [6.45, 7) is 43.8. The van der Waals surface area contributed by atoms with E-state index in [4.69, 9.17) is 27.2 Å². The van der Waals surface area contributed by atoms with Gasteiger partial charge in [-0.05, 0) is 72.5 Å². The van der Waals surface area contributed by atoms with E-state index in [2.05, 4.69) is 135 Å².